The van der Waals surface area contributed by atoms with E-state index < -0.39 is 0 Å². The third-order valence-electron chi connectivity index (χ3n) is 3.72. The number of pyridine rings is 1. The van der Waals surface area contributed by atoms with Crippen molar-refractivity contribution in [2.75, 3.05) is 11.6 Å². The number of aromatic nitrogens is 1. The molecule has 0 saturated carbocycles. The minimum Gasteiger partial charge on any atom is -0.322 e. The van der Waals surface area contributed by atoms with Crippen molar-refractivity contribution >= 4 is 23.4 Å². The average Bonchev–Trinajstić information content (AvgIpc) is 2.64. The summed E-state index contributed by atoms with van der Waals surface area (Å²) in [7, 11) is 0. The van der Waals surface area contributed by atoms with Crippen LogP contribution >= 0.6 is 11.8 Å². The Bertz CT molecular complexity index is 817. The van der Waals surface area contributed by atoms with Gasteiger partial charge in [0.05, 0.1) is 5.56 Å². The number of benzene rings is 2. The highest BCUT2D eigenvalue weighted by Crippen LogP contribution is 2.21. The fourth-order valence-corrected chi connectivity index (χ4v) is 3.07. The van der Waals surface area contributed by atoms with Crippen LogP contribution in [-0.4, -0.2) is 17.1 Å². The highest BCUT2D eigenvalue weighted by atomic mass is 32.2. The normalized spacial score (nSPS) is 10.4. The number of thioether (sulfide) groups is 1. The lowest BCUT2D eigenvalue weighted by molar-refractivity contribution is 0.102. The molecule has 0 aliphatic heterocycles. The number of nitrogens with zero attached hydrogens (tertiary/aromatic N) is 1. The Hall–Kier alpha value is -2.59. The van der Waals surface area contributed by atoms with Crippen molar-refractivity contribution in [3.05, 3.63) is 89.7 Å². The number of rotatable bonds is 5. The second-order valence-corrected chi connectivity index (χ2v) is 6.23. The van der Waals surface area contributed by atoms with Gasteiger partial charge in [-0.25, -0.2) is 0 Å². The van der Waals surface area contributed by atoms with Gasteiger partial charge in [0, 0.05) is 23.0 Å². The smallest absolute Gasteiger partial charge is 0.256 e. The van der Waals surface area contributed by atoms with Crippen molar-refractivity contribution in [3.8, 4) is 0 Å². The molecule has 1 N–H and O–H groups in total. The Morgan fingerprint density at radius 1 is 0.958 bits per heavy atom. The van der Waals surface area contributed by atoms with Crippen LogP contribution in [0.3, 0.4) is 0 Å². The quantitative estimate of drug-likeness (QED) is 0.691. The molecule has 4 heteroatoms. The number of anilines is 1. The van der Waals surface area contributed by atoms with E-state index in [-0.39, 0.29) is 5.91 Å². The molecule has 120 valence electrons. The van der Waals surface area contributed by atoms with Crippen molar-refractivity contribution < 1.29 is 4.79 Å². The molecule has 0 radical (unpaired) electrons. The molecular formula is C20H18N2OS. The number of amides is 1. The predicted molar refractivity (Wildman–Crippen MR) is 99.7 cm³/mol. The maximum absolute atomic E-state index is 12.4. The number of nitrogens with one attached hydrogen (secondary N) is 1. The molecule has 3 aromatic rings. The maximum Gasteiger partial charge on any atom is 0.256 e. The monoisotopic (exact) mass is 334 g/mol. The summed E-state index contributed by atoms with van der Waals surface area (Å²) in [6, 6.07) is 19.6. The van der Waals surface area contributed by atoms with Crippen LogP contribution in [0.5, 0.6) is 0 Å². The van der Waals surface area contributed by atoms with Gasteiger partial charge in [0.1, 0.15) is 0 Å². The Morgan fingerprint density at radius 3 is 2.33 bits per heavy atom. The number of carbonyl (C=O) groups excluding carboxylic acids is 1. The van der Waals surface area contributed by atoms with Crippen LogP contribution in [0.1, 0.15) is 21.5 Å². The summed E-state index contributed by atoms with van der Waals surface area (Å²) in [5.41, 5.74) is 3.92. The van der Waals surface area contributed by atoms with Gasteiger partial charge in [-0.2, -0.15) is 0 Å². The number of carbonyl (C=O) groups is 1. The summed E-state index contributed by atoms with van der Waals surface area (Å²) >= 11 is 1.57. The average molecular weight is 334 g/mol. The van der Waals surface area contributed by atoms with E-state index in [0.717, 1.165) is 17.0 Å². The minimum absolute atomic E-state index is 0.0816. The lowest BCUT2D eigenvalue weighted by atomic mass is 10.1. The number of hydrogen-bond acceptors (Lipinski definition) is 3. The molecule has 0 fully saturated rings. The first-order valence-electron chi connectivity index (χ1n) is 7.68. The molecule has 0 aliphatic rings. The standard InChI is InChI=1S/C20H18N2OS/c1-24-19-5-3-2-4-18(19)20(23)22-17-8-6-15(7-9-17)14-16-10-12-21-13-11-16/h2-13H,14H2,1H3,(H,22,23). The van der Waals surface area contributed by atoms with Crippen LogP contribution in [0.25, 0.3) is 0 Å². The summed E-state index contributed by atoms with van der Waals surface area (Å²) in [6.45, 7) is 0. The van der Waals surface area contributed by atoms with Gasteiger partial charge in [-0.15, -0.1) is 11.8 Å². The second-order valence-electron chi connectivity index (χ2n) is 5.38. The minimum atomic E-state index is -0.0816. The third kappa shape index (κ3) is 4.03. The van der Waals surface area contributed by atoms with Crippen molar-refractivity contribution in [1.82, 2.24) is 4.98 Å². The molecule has 24 heavy (non-hydrogen) atoms. The van der Waals surface area contributed by atoms with Crippen molar-refractivity contribution in [1.29, 1.82) is 0 Å². The van der Waals surface area contributed by atoms with E-state index in [4.69, 9.17) is 0 Å². The van der Waals surface area contributed by atoms with E-state index in [9.17, 15) is 4.79 Å². The maximum atomic E-state index is 12.4. The second kappa shape index (κ2) is 7.79. The van der Waals surface area contributed by atoms with Gasteiger partial charge in [-0.1, -0.05) is 24.3 Å². The van der Waals surface area contributed by atoms with Gasteiger partial charge < -0.3 is 5.32 Å². The van der Waals surface area contributed by atoms with Crippen LogP contribution in [0, 0.1) is 0 Å². The van der Waals surface area contributed by atoms with Crippen LogP contribution in [0.2, 0.25) is 0 Å². The highest BCUT2D eigenvalue weighted by Gasteiger charge is 2.10. The molecule has 1 amide bonds. The summed E-state index contributed by atoms with van der Waals surface area (Å²) < 4.78 is 0. The SMILES string of the molecule is CSc1ccccc1C(=O)Nc1ccc(Cc2ccncc2)cc1. The zero-order chi connectivity index (χ0) is 16.8. The molecule has 3 nitrogen and oxygen atoms in total. The molecule has 1 heterocycles. The van der Waals surface area contributed by atoms with Gasteiger partial charge in [-0.05, 0) is 60.2 Å². The molecule has 0 bridgehead atoms. The topological polar surface area (TPSA) is 42.0 Å². The molecule has 0 atom stereocenters. The van der Waals surface area contributed by atoms with Crippen molar-refractivity contribution in [2.45, 2.75) is 11.3 Å². The van der Waals surface area contributed by atoms with E-state index in [1.54, 1.807) is 24.2 Å². The predicted octanol–water partition coefficient (Wildman–Crippen LogP) is 4.65. The Kier molecular flexibility index (Phi) is 5.29. The first-order valence-corrected chi connectivity index (χ1v) is 8.91. The lowest BCUT2D eigenvalue weighted by Gasteiger charge is -2.09. The largest absolute Gasteiger partial charge is 0.322 e. The van der Waals surface area contributed by atoms with Crippen LogP contribution in [-0.2, 0) is 6.42 Å². The zero-order valence-corrected chi connectivity index (χ0v) is 14.2. The highest BCUT2D eigenvalue weighted by molar-refractivity contribution is 7.98. The molecule has 0 spiro atoms. The van der Waals surface area contributed by atoms with E-state index in [1.807, 2.05) is 66.9 Å². The number of hydrogen-bond donors (Lipinski definition) is 1. The Morgan fingerprint density at radius 2 is 1.62 bits per heavy atom. The van der Waals surface area contributed by atoms with Gasteiger partial charge in [-0.3, -0.25) is 9.78 Å². The fourth-order valence-electron chi connectivity index (χ4n) is 2.47. The van der Waals surface area contributed by atoms with Crippen LogP contribution in [0.15, 0.2) is 78.0 Å². The third-order valence-corrected chi connectivity index (χ3v) is 4.52. The molecule has 0 aliphatic carbocycles. The lowest BCUT2D eigenvalue weighted by Crippen LogP contribution is -2.12. The Balaban J connectivity index is 1.69. The van der Waals surface area contributed by atoms with Crippen molar-refractivity contribution in [2.24, 2.45) is 0 Å². The first kappa shape index (κ1) is 16.3. The molecule has 0 unspecified atom stereocenters. The van der Waals surface area contributed by atoms with E-state index in [0.29, 0.717) is 5.56 Å². The van der Waals surface area contributed by atoms with Gasteiger partial charge >= 0.3 is 0 Å². The Labute approximate surface area is 146 Å². The van der Waals surface area contributed by atoms with Crippen LogP contribution in [0.4, 0.5) is 5.69 Å². The van der Waals surface area contributed by atoms with E-state index in [2.05, 4.69) is 10.3 Å². The fraction of sp³-hybridized carbons (Fsp3) is 0.100. The molecule has 1 aromatic heterocycles. The van der Waals surface area contributed by atoms with Crippen molar-refractivity contribution in [3.63, 3.8) is 0 Å². The molecule has 0 saturated heterocycles. The van der Waals surface area contributed by atoms with Gasteiger partial charge in [0.2, 0.25) is 0 Å². The molecule has 2 aromatic carbocycles. The summed E-state index contributed by atoms with van der Waals surface area (Å²) in [5.74, 6) is -0.0816. The van der Waals surface area contributed by atoms with E-state index in [1.165, 1.54) is 11.1 Å². The summed E-state index contributed by atoms with van der Waals surface area (Å²) in [4.78, 5) is 17.4. The van der Waals surface area contributed by atoms with E-state index >= 15 is 0 Å². The van der Waals surface area contributed by atoms with Gasteiger partial charge in [0.25, 0.3) is 5.91 Å². The molecule has 3 rings (SSSR count). The molecular weight excluding hydrogens is 316 g/mol. The first-order chi connectivity index (χ1) is 11.8. The zero-order valence-electron chi connectivity index (χ0n) is 13.4. The summed E-state index contributed by atoms with van der Waals surface area (Å²) in [6.07, 6.45) is 6.42. The van der Waals surface area contributed by atoms with Crippen LogP contribution < -0.4 is 5.32 Å². The van der Waals surface area contributed by atoms with Gasteiger partial charge in [0.15, 0.2) is 0 Å². The summed E-state index contributed by atoms with van der Waals surface area (Å²) in [5, 5.41) is 2.96.